The molecule has 0 fully saturated rings. The van der Waals surface area contributed by atoms with E-state index in [1.807, 2.05) is 24.3 Å². The number of hydrogen-bond donors (Lipinski definition) is 2. The topological polar surface area (TPSA) is 30.5 Å². The van der Waals surface area contributed by atoms with Gasteiger partial charge in [0.1, 0.15) is 0 Å². The molecule has 8 rings (SSSR count). The van der Waals surface area contributed by atoms with Crippen LogP contribution >= 0.6 is 0 Å². The second-order valence-electron chi connectivity index (χ2n) is 12.5. The highest BCUT2D eigenvalue weighted by Crippen LogP contribution is 2.37. The standard InChI is InChI=1S/C48H38N4/c1-5-13-43(14-6-1)51(44-15-7-2-8-16-44)47-33-29-41(30-34-47)49-39-25-21-37(22-26-39)38-23-27-40(28-24-38)50-42-31-35-48(36-32-42)52(45-17-9-3-10-18-45)46-19-11-4-12-20-46/h1-36,49-50H. The lowest BCUT2D eigenvalue weighted by atomic mass is 10.0. The van der Waals surface area contributed by atoms with E-state index in [0.717, 1.165) is 56.9 Å². The second kappa shape index (κ2) is 15.2. The van der Waals surface area contributed by atoms with E-state index >= 15 is 0 Å². The van der Waals surface area contributed by atoms with Gasteiger partial charge in [0, 0.05) is 56.9 Å². The average molecular weight is 671 g/mol. The molecule has 0 amide bonds. The van der Waals surface area contributed by atoms with Crippen molar-refractivity contribution in [1.82, 2.24) is 0 Å². The molecule has 250 valence electrons. The van der Waals surface area contributed by atoms with Gasteiger partial charge in [-0.25, -0.2) is 0 Å². The van der Waals surface area contributed by atoms with Gasteiger partial charge in [-0.05, 0) is 132 Å². The van der Waals surface area contributed by atoms with Crippen LogP contribution in [0.1, 0.15) is 0 Å². The first kappa shape index (κ1) is 32.2. The Morgan fingerprint density at radius 1 is 0.212 bits per heavy atom. The summed E-state index contributed by atoms with van der Waals surface area (Å²) in [6.07, 6.45) is 0. The molecule has 0 atom stereocenters. The molecule has 0 saturated heterocycles. The summed E-state index contributed by atoms with van der Waals surface area (Å²) in [7, 11) is 0. The summed E-state index contributed by atoms with van der Waals surface area (Å²) < 4.78 is 0. The fourth-order valence-electron chi connectivity index (χ4n) is 6.42. The zero-order valence-corrected chi connectivity index (χ0v) is 28.7. The van der Waals surface area contributed by atoms with Gasteiger partial charge >= 0.3 is 0 Å². The van der Waals surface area contributed by atoms with Gasteiger partial charge in [-0.1, -0.05) is 97.1 Å². The molecule has 8 aromatic rings. The lowest BCUT2D eigenvalue weighted by Gasteiger charge is -2.25. The predicted octanol–water partition coefficient (Wildman–Crippen LogP) is 13.8. The largest absolute Gasteiger partial charge is 0.356 e. The van der Waals surface area contributed by atoms with Crippen LogP contribution in [0.25, 0.3) is 11.1 Å². The molecule has 0 aliphatic rings. The van der Waals surface area contributed by atoms with Crippen LogP contribution in [-0.4, -0.2) is 0 Å². The van der Waals surface area contributed by atoms with Crippen LogP contribution in [0.5, 0.6) is 0 Å². The zero-order chi connectivity index (χ0) is 35.0. The number of nitrogens with zero attached hydrogens (tertiary/aromatic N) is 2. The molecule has 0 heterocycles. The summed E-state index contributed by atoms with van der Waals surface area (Å²) in [5, 5.41) is 7.12. The summed E-state index contributed by atoms with van der Waals surface area (Å²) in [6, 6.07) is 76.2. The molecule has 0 saturated carbocycles. The molecule has 0 bridgehead atoms. The van der Waals surface area contributed by atoms with Crippen molar-refractivity contribution < 1.29 is 0 Å². The Morgan fingerprint density at radius 2 is 0.423 bits per heavy atom. The molecule has 0 aliphatic heterocycles. The van der Waals surface area contributed by atoms with E-state index in [0.29, 0.717) is 0 Å². The summed E-state index contributed by atoms with van der Waals surface area (Å²) in [4.78, 5) is 4.53. The molecule has 4 nitrogen and oxygen atoms in total. The van der Waals surface area contributed by atoms with E-state index in [4.69, 9.17) is 0 Å². The van der Waals surface area contributed by atoms with Crippen LogP contribution in [0.4, 0.5) is 56.9 Å². The molecule has 2 N–H and O–H groups in total. The Bertz CT molecular complexity index is 2040. The van der Waals surface area contributed by atoms with Gasteiger partial charge in [-0.2, -0.15) is 0 Å². The van der Waals surface area contributed by atoms with Crippen LogP contribution in [0, 0.1) is 0 Å². The molecule has 0 aromatic heterocycles. The number of anilines is 10. The van der Waals surface area contributed by atoms with Crippen LogP contribution in [0.3, 0.4) is 0 Å². The highest BCUT2D eigenvalue weighted by Gasteiger charge is 2.13. The monoisotopic (exact) mass is 670 g/mol. The molecule has 52 heavy (non-hydrogen) atoms. The number of hydrogen-bond acceptors (Lipinski definition) is 4. The molecular weight excluding hydrogens is 633 g/mol. The van der Waals surface area contributed by atoms with Crippen LogP contribution in [0.15, 0.2) is 218 Å². The average Bonchev–Trinajstić information content (AvgIpc) is 3.22. The fraction of sp³-hybridized carbons (Fsp3) is 0. The third-order valence-electron chi connectivity index (χ3n) is 8.99. The van der Waals surface area contributed by atoms with Gasteiger partial charge in [0.2, 0.25) is 0 Å². The molecule has 8 aromatic carbocycles. The molecule has 0 radical (unpaired) electrons. The Labute approximate surface area is 305 Å². The van der Waals surface area contributed by atoms with Crippen molar-refractivity contribution in [3.8, 4) is 11.1 Å². The summed E-state index contributed by atoms with van der Waals surface area (Å²) in [5.74, 6) is 0. The van der Waals surface area contributed by atoms with E-state index < -0.39 is 0 Å². The Balaban J connectivity index is 0.914. The zero-order valence-electron chi connectivity index (χ0n) is 28.7. The van der Waals surface area contributed by atoms with E-state index in [-0.39, 0.29) is 0 Å². The third kappa shape index (κ3) is 7.42. The summed E-state index contributed by atoms with van der Waals surface area (Å²) in [5.41, 5.74) is 13.2. The third-order valence-corrected chi connectivity index (χ3v) is 8.99. The highest BCUT2D eigenvalue weighted by atomic mass is 15.1. The Morgan fingerprint density at radius 3 is 0.673 bits per heavy atom. The minimum absolute atomic E-state index is 1.04. The molecule has 0 unspecified atom stereocenters. The summed E-state index contributed by atoms with van der Waals surface area (Å²) >= 11 is 0. The maximum atomic E-state index is 3.56. The minimum Gasteiger partial charge on any atom is -0.356 e. The molecule has 0 spiro atoms. The van der Waals surface area contributed by atoms with Gasteiger partial charge in [0.25, 0.3) is 0 Å². The molecule has 4 heteroatoms. The van der Waals surface area contributed by atoms with Gasteiger partial charge in [-0.15, -0.1) is 0 Å². The fourth-order valence-corrected chi connectivity index (χ4v) is 6.42. The number of nitrogens with one attached hydrogen (secondary N) is 2. The van der Waals surface area contributed by atoms with E-state index in [9.17, 15) is 0 Å². The Kier molecular flexibility index (Phi) is 9.43. The van der Waals surface area contributed by atoms with Gasteiger partial charge in [-0.3, -0.25) is 0 Å². The van der Waals surface area contributed by atoms with Crippen molar-refractivity contribution in [2.75, 3.05) is 20.4 Å². The number of benzene rings is 8. The SMILES string of the molecule is c1ccc(N(c2ccccc2)c2ccc(Nc3ccc(-c4ccc(Nc5ccc(N(c6ccccc6)c6ccccc6)cc5)cc4)cc3)cc2)cc1. The first-order valence-corrected chi connectivity index (χ1v) is 17.5. The maximum absolute atomic E-state index is 3.56. The van der Waals surface area contributed by atoms with Crippen LogP contribution < -0.4 is 20.4 Å². The number of para-hydroxylation sites is 4. The first-order valence-electron chi connectivity index (χ1n) is 17.5. The normalized spacial score (nSPS) is 10.7. The van der Waals surface area contributed by atoms with Crippen molar-refractivity contribution in [3.63, 3.8) is 0 Å². The lowest BCUT2D eigenvalue weighted by Crippen LogP contribution is -2.09. The maximum Gasteiger partial charge on any atom is 0.0463 e. The van der Waals surface area contributed by atoms with Gasteiger partial charge in [0.15, 0.2) is 0 Å². The van der Waals surface area contributed by atoms with E-state index in [2.05, 4.69) is 215 Å². The minimum atomic E-state index is 1.04. The van der Waals surface area contributed by atoms with Crippen molar-refractivity contribution in [2.45, 2.75) is 0 Å². The highest BCUT2D eigenvalue weighted by molar-refractivity contribution is 5.79. The van der Waals surface area contributed by atoms with E-state index in [1.165, 1.54) is 11.1 Å². The predicted molar refractivity (Wildman–Crippen MR) is 221 cm³/mol. The number of rotatable bonds is 11. The smallest absolute Gasteiger partial charge is 0.0463 e. The quantitative estimate of drug-likeness (QED) is 0.143. The Hall–Kier alpha value is -7.04. The second-order valence-corrected chi connectivity index (χ2v) is 12.5. The van der Waals surface area contributed by atoms with Crippen molar-refractivity contribution in [3.05, 3.63) is 218 Å². The lowest BCUT2D eigenvalue weighted by molar-refractivity contribution is 1.28. The van der Waals surface area contributed by atoms with Crippen LogP contribution in [0.2, 0.25) is 0 Å². The van der Waals surface area contributed by atoms with Crippen molar-refractivity contribution >= 4 is 56.9 Å². The summed E-state index contributed by atoms with van der Waals surface area (Å²) in [6.45, 7) is 0. The first-order chi connectivity index (χ1) is 25.8. The van der Waals surface area contributed by atoms with Crippen molar-refractivity contribution in [2.24, 2.45) is 0 Å². The van der Waals surface area contributed by atoms with E-state index in [1.54, 1.807) is 0 Å². The van der Waals surface area contributed by atoms with Crippen LogP contribution in [-0.2, 0) is 0 Å². The molecular formula is C48H38N4. The van der Waals surface area contributed by atoms with Gasteiger partial charge < -0.3 is 20.4 Å². The van der Waals surface area contributed by atoms with Gasteiger partial charge in [0.05, 0.1) is 0 Å². The van der Waals surface area contributed by atoms with Crippen molar-refractivity contribution in [1.29, 1.82) is 0 Å². The molecule has 0 aliphatic carbocycles.